The van der Waals surface area contributed by atoms with E-state index < -0.39 is 11.3 Å². The first-order valence-electron chi connectivity index (χ1n) is 12.0. The minimum Gasteiger partial charge on any atom is -0.335 e. The van der Waals surface area contributed by atoms with Crippen molar-refractivity contribution in [3.05, 3.63) is 111 Å². The van der Waals surface area contributed by atoms with Gasteiger partial charge in [-0.15, -0.1) is 0 Å². The first kappa shape index (κ1) is 25.2. The Morgan fingerprint density at radius 3 is 2.19 bits per heavy atom. The highest BCUT2D eigenvalue weighted by molar-refractivity contribution is 6.30. The third-order valence-corrected chi connectivity index (χ3v) is 6.22. The Balaban J connectivity index is 1.64. The summed E-state index contributed by atoms with van der Waals surface area (Å²) in [6.07, 6.45) is 1.60. The summed E-state index contributed by atoms with van der Waals surface area (Å²) in [6.45, 7) is 2.24. The second-order valence-corrected chi connectivity index (χ2v) is 9.01. The second kappa shape index (κ2) is 11.7. The number of amides is 1. The van der Waals surface area contributed by atoms with Crippen LogP contribution in [0.1, 0.15) is 35.7 Å². The molecule has 0 saturated carbocycles. The number of rotatable bonds is 10. The van der Waals surface area contributed by atoms with Crippen molar-refractivity contribution in [2.45, 2.75) is 26.2 Å². The van der Waals surface area contributed by atoms with Gasteiger partial charge < -0.3 is 4.90 Å². The summed E-state index contributed by atoms with van der Waals surface area (Å²) in [4.78, 5) is 41.7. The topological polar surface area (TPSA) is 75.2 Å². The Morgan fingerprint density at radius 2 is 1.56 bits per heavy atom. The monoisotopic (exact) mass is 501 g/mol. The van der Waals surface area contributed by atoms with Gasteiger partial charge >= 0.3 is 0 Å². The third-order valence-electron chi connectivity index (χ3n) is 5.97. The first-order chi connectivity index (χ1) is 17.5. The molecular formula is C29H28ClN3O3. The van der Waals surface area contributed by atoms with E-state index in [9.17, 15) is 14.4 Å². The fraction of sp³-hybridized carbons (Fsp3) is 0.207. The van der Waals surface area contributed by atoms with Crippen molar-refractivity contribution in [3.8, 4) is 16.9 Å². The Bertz CT molecular complexity index is 1380. The zero-order valence-electron chi connectivity index (χ0n) is 20.1. The number of Topliss-reactive ketones (excluding diaryl/α,β-unsaturated/α-hetero) is 1. The minimum absolute atomic E-state index is 0.0353. The number of H-pyrrole nitrogens is 1. The van der Waals surface area contributed by atoms with Crippen LogP contribution in [0.25, 0.3) is 16.9 Å². The molecule has 0 bridgehead atoms. The van der Waals surface area contributed by atoms with Crippen LogP contribution in [0, 0.1) is 0 Å². The van der Waals surface area contributed by atoms with Gasteiger partial charge in [0.25, 0.3) is 5.56 Å². The van der Waals surface area contributed by atoms with Crippen LogP contribution in [0.2, 0.25) is 5.02 Å². The number of halogens is 1. The Hall–Kier alpha value is -3.90. The largest absolute Gasteiger partial charge is 0.335 e. The summed E-state index contributed by atoms with van der Waals surface area (Å²) in [5.41, 5.74) is 2.33. The lowest BCUT2D eigenvalue weighted by atomic mass is 10.0. The molecule has 4 aromatic rings. The summed E-state index contributed by atoms with van der Waals surface area (Å²) < 4.78 is 1.34. The molecule has 7 heteroatoms. The molecule has 1 aromatic heterocycles. The lowest BCUT2D eigenvalue weighted by molar-refractivity contribution is -0.130. The van der Waals surface area contributed by atoms with E-state index in [1.165, 1.54) is 4.68 Å². The number of carbonyl (C=O) groups is 2. The van der Waals surface area contributed by atoms with Crippen molar-refractivity contribution in [1.29, 1.82) is 0 Å². The van der Waals surface area contributed by atoms with Gasteiger partial charge in [-0.25, -0.2) is 4.68 Å². The quantitative estimate of drug-likeness (QED) is 0.290. The number of ketones is 1. The van der Waals surface area contributed by atoms with E-state index in [1.807, 2.05) is 67.6 Å². The van der Waals surface area contributed by atoms with Gasteiger partial charge in [0, 0.05) is 23.6 Å². The number of hydrogen-bond acceptors (Lipinski definition) is 3. The van der Waals surface area contributed by atoms with Crippen LogP contribution >= 0.6 is 11.6 Å². The van der Waals surface area contributed by atoms with E-state index >= 15 is 0 Å². The van der Waals surface area contributed by atoms with Crippen LogP contribution in [0.3, 0.4) is 0 Å². The number of nitrogens with zero attached hydrogens (tertiary/aromatic N) is 2. The van der Waals surface area contributed by atoms with Crippen LogP contribution in [-0.4, -0.2) is 39.5 Å². The predicted octanol–water partition coefficient (Wildman–Crippen LogP) is 5.54. The molecule has 0 spiro atoms. The molecule has 184 valence electrons. The molecule has 0 aliphatic heterocycles. The SMILES string of the molecule is CCCN(CC(=O)c1c(-c2ccccc2)[nH]n(-c2ccc(Cl)cc2)c1=O)C(=O)CCc1ccccc1. The smallest absolute Gasteiger partial charge is 0.282 e. The van der Waals surface area contributed by atoms with E-state index in [-0.39, 0.29) is 18.0 Å². The van der Waals surface area contributed by atoms with E-state index in [0.717, 1.165) is 5.56 Å². The summed E-state index contributed by atoms with van der Waals surface area (Å²) >= 11 is 6.01. The van der Waals surface area contributed by atoms with Crippen LogP contribution < -0.4 is 5.56 Å². The number of aromatic amines is 1. The number of nitrogens with one attached hydrogen (secondary N) is 1. The van der Waals surface area contributed by atoms with Gasteiger partial charge in [-0.3, -0.25) is 19.5 Å². The summed E-state index contributed by atoms with van der Waals surface area (Å²) in [5, 5.41) is 3.64. The highest BCUT2D eigenvalue weighted by Gasteiger charge is 2.26. The molecule has 3 aromatic carbocycles. The van der Waals surface area contributed by atoms with E-state index in [1.54, 1.807) is 29.2 Å². The molecule has 36 heavy (non-hydrogen) atoms. The standard InChI is InChI=1S/C29H28ClN3O3/c1-2-19-32(26(35)18-13-21-9-5-3-6-10-21)20-25(34)27-28(22-11-7-4-8-12-22)31-33(29(27)36)24-16-14-23(30)15-17-24/h3-12,14-17,31H,2,13,18-20H2,1H3. The Morgan fingerprint density at radius 1 is 0.917 bits per heavy atom. The molecule has 1 heterocycles. The minimum atomic E-state index is -0.464. The van der Waals surface area contributed by atoms with Crippen LogP contribution in [0.4, 0.5) is 0 Å². The molecule has 0 aliphatic rings. The first-order valence-corrected chi connectivity index (χ1v) is 12.4. The molecule has 0 unspecified atom stereocenters. The summed E-state index contributed by atoms with van der Waals surface area (Å²) in [5.74, 6) is -0.506. The Kier molecular flexibility index (Phi) is 8.18. The number of benzene rings is 3. The average Bonchev–Trinajstić information content (AvgIpc) is 3.25. The van der Waals surface area contributed by atoms with Crippen molar-refractivity contribution in [1.82, 2.24) is 14.7 Å². The van der Waals surface area contributed by atoms with Crippen molar-refractivity contribution in [2.24, 2.45) is 0 Å². The third kappa shape index (κ3) is 5.83. The molecule has 0 radical (unpaired) electrons. The van der Waals surface area contributed by atoms with Crippen LogP contribution in [0.5, 0.6) is 0 Å². The lowest BCUT2D eigenvalue weighted by Gasteiger charge is -2.21. The predicted molar refractivity (Wildman–Crippen MR) is 143 cm³/mol. The molecule has 0 saturated heterocycles. The van der Waals surface area contributed by atoms with E-state index in [4.69, 9.17) is 11.6 Å². The van der Waals surface area contributed by atoms with Crippen LogP contribution in [0.15, 0.2) is 89.7 Å². The summed E-state index contributed by atoms with van der Waals surface area (Å²) in [6, 6.07) is 25.8. The zero-order chi connectivity index (χ0) is 25.5. The maximum absolute atomic E-state index is 13.6. The second-order valence-electron chi connectivity index (χ2n) is 8.57. The highest BCUT2D eigenvalue weighted by atomic mass is 35.5. The van der Waals surface area contributed by atoms with Gasteiger partial charge in [0.15, 0.2) is 5.78 Å². The number of aryl methyl sites for hydroxylation is 1. The molecule has 1 N–H and O–H groups in total. The molecule has 4 rings (SSSR count). The van der Waals surface area contributed by atoms with Gasteiger partial charge in [-0.2, -0.15) is 0 Å². The Labute approximate surface area is 215 Å². The lowest BCUT2D eigenvalue weighted by Crippen LogP contribution is -2.38. The van der Waals surface area contributed by atoms with Crippen molar-refractivity contribution in [3.63, 3.8) is 0 Å². The molecule has 0 fully saturated rings. The van der Waals surface area contributed by atoms with Gasteiger partial charge in [0.1, 0.15) is 5.56 Å². The molecule has 1 amide bonds. The number of carbonyl (C=O) groups excluding carboxylic acids is 2. The zero-order valence-corrected chi connectivity index (χ0v) is 20.9. The highest BCUT2D eigenvalue weighted by Crippen LogP contribution is 2.22. The molecular weight excluding hydrogens is 474 g/mol. The van der Waals surface area contributed by atoms with Gasteiger partial charge in [-0.1, -0.05) is 79.2 Å². The van der Waals surface area contributed by atoms with Gasteiger partial charge in [0.05, 0.1) is 17.9 Å². The molecule has 0 aliphatic carbocycles. The van der Waals surface area contributed by atoms with Crippen LogP contribution in [-0.2, 0) is 11.2 Å². The fourth-order valence-corrected chi connectivity index (χ4v) is 4.28. The van der Waals surface area contributed by atoms with Gasteiger partial charge in [-0.05, 0) is 42.7 Å². The molecule has 0 atom stereocenters. The fourth-order valence-electron chi connectivity index (χ4n) is 4.15. The molecule has 6 nitrogen and oxygen atoms in total. The number of hydrogen-bond donors (Lipinski definition) is 1. The van der Waals surface area contributed by atoms with Crippen molar-refractivity contribution < 1.29 is 9.59 Å². The summed E-state index contributed by atoms with van der Waals surface area (Å²) in [7, 11) is 0. The van der Waals surface area contributed by atoms with E-state index in [0.29, 0.717) is 47.8 Å². The maximum Gasteiger partial charge on any atom is 0.282 e. The number of aromatic nitrogens is 2. The normalized spacial score (nSPS) is 10.8. The maximum atomic E-state index is 13.6. The van der Waals surface area contributed by atoms with E-state index in [2.05, 4.69) is 5.10 Å². The van der Waals surface area contributed by atoms with Gasteiger partial charge in [0.2, 0.25) is 5.91 Å². The van der Waals surface area contributed by atoms with Crippen molar-refractivity contribution >= 4 is 23.3 Å². The van der Waals surface area contributed by atoms with Crippen molar-refractivity contribution in [2.75, 3.05) is 13.1 Å². The average molecular weight is 502 g/mol.